The molecule has 0 aliphatic carbocycles. The molecular weight excluding hydrogens is 158 g/mol. The molecule has 0 saturated heterocycles. The molecule has 0 fully saturated rings. The molecule has 2 heterocycles. The largest absolute Gasteiger partial charge is 0.364 e. The van der Waals surface area contributed by atoms with Crippen molar-refractivity contribution in [2.45, 2.75) is 0 Å². The van der Waals surface area contributed by atoms with Gasteiger partial charge in [0.25, 0.3) is 5.91 Å². The first-order valence-electron chi connectivity index (χ1n) is 3.24. The summed E-state index contributed by atoms with van der Waals surface area (Å²) in [6.45, 7) is 0. The van der Waals surface area contributed by atoms with Crippen LogP contribution in [0.2, 0.25) is 0 Å². The number of amides is 1. The molecule has 0 aliphatic heterocycles. The quantitative estimate of drug-likeness (QED) is 0.597. The summed E-state index contributed by atoms with van der Waals surface area (Å²) in [6.07, 6.45) is 3.03. The number of carbonyl (C=O) groups excluding carboxylic acids is 1. The van der Waals surface area contributed by atoms with Crippen molar-refractivity contribution in [3.63, 3.8) is 0 Å². The van der Waals surface area contributed by atoms with E-state index in [1.54, 1.807) is 6.20 Å². The zero-order valence-corrected chi connectivity index (χ0v) is 6.01. The molecule has 0 aliphatic rings. The van der Waals surface area contributed by atoms with Crippen molar-refractivity contribution in [1.82, 2.24) is 19.8 Å². The zero-order chi connectivity index (χ0) is 8.55. The fraction of sp³-hybridized carbons (Fsp3) is 0. The van der Waals surface area contributed by atoms with Crippen molar-refractivity contribution in [2.24, 2.45) is 5.73 Å². The molecule has 0 atom stereocenters. The molecule has 6 heteroatoms. The van der Waals surface area contributed by atoms with E-state index in [-0.39, 0.29) is 5.69 Å². The zero-order valence-electron chi connectivity index (χ0n) is 6.01. The highest BCUT2D eigenvalue weighted by Gasteiger charge is 2.03. The van der Waals surface area contributed by atoms with Crippen LogP contribution in [-0.4, -0.2) is 25.7 Å². The molecule has 2 aromatic rings. The van der Waals surface area contributed by atoms with Crippen LogP contribution in [-0.2, 0) is 0 Å². The maximum absolute atomic E-state index is 10.7. The van der Waals surface area contributed by atoms with E-state index in [9.17, 15) is 4.79 Å². The third-order valence-corrected chi connectivity index (χ3v) is 1.42. The number of hydrogen-bond donors (Lipinski definition) is 1. The first kappa shape index (κ1) is 6.71. The predicted molar refractivity (Wildman–Crippen MR) is 39.3 cm³/mol. The summed E-state index contributed by atoms with van der Waals surface area (Å²) in [4.78, 5) is 14.6. The molecule has 0 aromatic carbocycles. The fourth-order valence-electron chi connectivity index (χ4n) is 0.863. The van der Waals surface area contributed by atoms with Crippen LogP contribution in [0, 0.1) is 0 Å². The van der Waals surface area contributed by atoms with E-state index < -0.39 is 5.91 Å². The van der Waals surface area contributed by atoms with Crippen molar-refractivity contribution in [1.29, 1.82) is 0 Å². The first-order chi connectivity index (χ1) is 5.77. The number of primary amides is 1. The number of hydrogen-bond acceptors (Lipinski definition) is 4. The number of carbonyl (C=O) groups is 1. The SMILES string of the molecule is NC(=O)c1ccn2nncc2n1. The molecule has 0 unspecified atom stereocenters. The van der Waals surface area contributed by atoms with E-state index in [2.05, 4.69) is 15.3 Å². The molecule has 0 radical (unpaired) electrons. The second-order valence-corrected chi connectivity index (χ2v) is 2.21. The van der Waals surface area contributed by atoms with Crippen molar-refractivity contribution in [3.05, 3.63) is 24.2 Å². The normalized spacial score (nSPS) is 10.3. The van der Waals surface area contributed by atoms with Gasteiger partial charge in [-0.3, -0.25) is 4.79 Å². The predicted octanol–water partition coefficient (Wildman–Crippen LogP) is -0.777. The van der Waals surface area contributed by atoms with Gasteiger partial charge in [0.15, 0.2) is 5.65 Å². The van der Waals surface area contributed by atoms with E-state index in [1.165, 1.54) is 16.8 Å². The molecular formula is C6H5N5O. The summed E-state index contributed by atoms with van der Waals surface area (Å²) in [5.74, 6) is -0.557. The van der Waals surface area contributed by atoms with Gasteiger partial charge in [0.1, 0.15) is 5.69 Å². The van der Waals surface area contributed by atoms with Crippen molar-refractivity contribution in [3.8, 4) is 0 Å². The van der Waals surface area contributed by atoms with Crippen molar-refractivity contribution < 1.29 is 4.79 Å². The Labute approximate surface area is 67.0 Å². The summed E-state index contributed by atoms with van der Waals surface area (Å²) in [6, 6.07) is 1.49. The average Bonchev–Trinajstić information content (AvgIpc) is 2.49. The van der Waals surface area contributed by atoms with Gasteiger partial charge in [-0.05, 0) is 6.07 Å². The molecule has 0 bridgehead atoms. The number of rotatable bonds is 1. The lowest BCUT2D eigenvalue weighted by Gasteiger charge is -1.93. The van der Waals surface area contributed by atoms with Crippen LogP contribution in [0.25, 0.3) is 5.65 Å². The summed E-state index contributed by atoms with van der Waals surface area (Å²) < 4.78 is 1.45. The van der Waals surface area contributed by atoms with Crippen LogP contribution in [0.15, 0.2) is 18.5 Å². The van der Waals surface area contributed by atoms with Gasteiger partial charge in [-0.2, -0.15) is 0 Å². The van der Waals surface area contributed by atoms with Gasteiger partial charge in [-0.25, -0.2) is 9.50 Å². The lowest BCUT2D eigenvalue weighted by molar-refractivity contribution is 0.0995. The highest BCUT2D eigenvalue weighted by atomic mass is 16.1. The van der Waals surface area contributed by atoms with E-state index in [0.29, 0.717) is 5.65 Å². The Morgan fingerprint density at radius 2 is 2.42 bits per heavy atom. The number of nitrogens with two attached hydrogens (primary N) is 1. The lowest BCUT2D eigenvalue weighted by Crippen LogP contribution is -2.13. The highest BCUT2D eigenvalue weighted by molar-refractivity contribution is 5.91. The number of aromatic nitrogens is 4. The van der Waals surface area contributed by atoms with Crippen LogP contribution < -0.4 is 5.73 Å². The maximum Gasteiger partial charge on any atom is 0.267 e. The Kier molecular flexibility index (Phi) is 1.26. The Morgan fingerprint density at radius 3 is 3.17 bits per heavy atom. The van der Waals surface area contributed by atoms with E-state index in [1.807, 2.05) is 0 Å². The minimum absolute atomic E-state index is 0.213. The van der Waals surface area contributed by atoms with E-state index >= 15 is 0 Å². The van der Waals surface area contributed by atoms with Gasteiger partial charge in [0.2, 0.25) is 0 Å². The highest BCUT2D eigenvalue weighted by Crippen LogP contribution is 1.97. The molecule has 1 amide bonds. The average molecular weight is 163 g/mol. The molecule has 2 rings (SSSR count). The second kappa shape index (κ2) is 2.26. The van der Waals surface area contributed by atoms with Crippen LogP contribution in [0.1, 0.15) is 10.5 Å². The maximum atomic E-state index is 10.7. The van der Waals surface area contributed by atoms with Gasteiger partial charge >= 0.3 is 0 Å². The molecule has 0 saturated carbocycles. The molecule has 12 heavy (non-hydrogen) atoms. The van der Waals surface area contributed by atoms with E-state index in [0.717, 1.165) is 0 Å². The molecule has 60 valence electrons. The van der Waals surface area contributed by atoms with Crippen LogP contribution in [0.4, 0.5) is 0 Å². The third kappa shape index (κ3) is 0.895. The lowest BCUT2D eigenvalue weighted by atomic mass is 10.4. The minimum atomic E-state index is -0.557. The number of fused-ring (bicyclic) bond motifs is 1. The topological polar surface area (TPSA) is 86.2 Å². The fourth-order valence-corrected chi connectivity index (χ4v) is 0.863. The van der Waals surface area contributed by atoms with Crippen LogP contribution in [0.5, 0.6) is 0 Å². The summed E-state index contributed by atoms with van der Waals surface area (Å²) in [5.41, 5.74) is 5.74. The van der Waals surface area contributed by atoms with Crippen LogP contribution >= 0.6 is 0 Å². The Morgan fingerprint density at radius 1 is 1.58 bits per heavy atom. The molecule has 2 N–H and O–H groups in total. The van der Waals surface area contributed by atoms with Gasteiger partial charge in [-0.15, -0.1) is 5.10 Å². The van der Waals surface area contributed by atoms with Gasteiger partial charge < -0.3 is 5.73 Å². The monoisotopic (exact) mass is 163 g/mol. The van der Waals surface area contributed by atoms with E-state index in [4.69, 9.17) is 5.73 Å². The third-order valence-electron chi connectivity index (χ3n) is 1.42. The minimum Gasteiger partial charge on any atom is -0.364 e. The van der Waals surface area contributed by atoms with Gasteiger partial charge in [0.05, 0.1) is 6.20 Å². The molecule has 2 aromatic heterocycles. The molecule has 6 nitrogen and oxygen atoms in total. The van der Waals surface area contributed by atoms with Gasteiger partial charge in [-0.1, -0.05) is 5.21 Å². The van der Waals surface area contributed by atoms with Crippen LogP contribution in [0.3, 0.4) is 0 Å². The Bertz CT molecular complexity index is 434. The first-order valence-corrected chi connectivity index (χ1v) is 3.24. The smallest absolute Gasteiger partial charge is 0.267 e. The summed E-state index contributed by atoms with van der Waals surface area (Å²) >= 11 is 0. The van der Waals surface area contributed by atoms with Crippen molar-refractivity contribution in [2.75, 3.05) is 0 Å². The Hall–Kier alpha value is -1.98. The summed E-state index contributed by atoms with van der Waals surface area (Å²) in [5, 5.41) is 7.27. The summed E-state index contributed by atoms with van der Waals surface area (Å²) in [7, 11) is 0. The van der Waals surface area contributed by atoms with Gasteiger partial charge in [0, 0.05) is 6.20 Å². The van der Waals surface area contributed by atoms with Crippen molar-refractivity contribution >= 4 is 11.6 Å². The standard InChI is InChI=1S/C6H5N5O/c7-6(12)4-1-2-11-5(9-4)3-8-10-11/h1-3H,(H2,7,12). The Balaban J connectivity index is 2.68. The number of nitrogens with zero attached hydrogens (tertiary/aromatic N) is 4. The molecule has 0 spiro atoms. The second-order valence-electron chi connectivity index (χ2n) is 2.21.